The minimum absolute atomic E-state index is 0.112. The SMILES string of the molecule is CC#CC[C@H](C)[C@H](O)C=C[C@@H]1[C@H]2CC(=CCOCCN(C)C)C[C@H]2C[C@H]1O. The van der Waals surface area contributed by atoms with Crippen LogP contribution in [0.2, 0.25) is 0 Å². The van der Waals surface area contributed by atoms with Crippen LogP contribution in [0.1, 0.15) is 39.5 Å². The molecular formula is C23H37NO3. The first-order valence-electron chi connectivity index (χ1n) is 10.3. The zero-order valence-electron chi connectivity index (χ0n) is 17.4. The fourth-order valence-electron chi connectivity index (χ4n) is 4.26. The van der Waals surface area contributed by atoms with E-state index in [1.54, 1.807) is 0 Å². The van der Waals surface area contributed by atoms with E-state index in [-0.39, 0.29) is 17.9 Å². The molecule has 2 fully saturated rings. The Morgan fingerprint density at radius 2 is 2.11 bits per heavy atom. The molecule has 0 bridgehead atoms. The maximum atomic E-state index is 10.5. The molecule has 0 heterocycles. The van der Waals surface area contributed by atoms with Gasteiger partial charge in [-0.25, -0.2) is 0 Å². The summed E-state index contributed by atoms with van der Waals surface area (Å²) in [5, 5.41) is 20.8. The Morgan fingerprint density at radius 3 is 2.81 bits per heavy atom. The van der Waals surface area contributed by atoms with Crippen molar-refractivity contribution in [1.29, 1.82) is 0 Å². The van der Waals surface area contributed by atoms with Gasteiger partial charge in [-0.2, -0.15) is 0 Å². The Kier molecular flexibility index (Phi) is 9.05. The summed E-state index contributed by atoms with van der Waals surface area (Å²) in [5.74, 6) is 7.21. The number of allylic oxidation sites excluding steroid dienone is 1. The number of nitrogens with zero attached hydrogens (tertiary/aromatic N) is 1. The zero-order valence-corrected chi connectivity index (χ0v) is 17.4. The molecule has 0 unspecified atom stereocenters. The third-order valence-electron chi connectivity index (χ3n) is 6.00. The van der Waals surface area contributed by atoms with Gasteiger partial charge in [0.1, 0.15) is 0 Å². The van der Waals surface area contributed by atoms with Gasteiger partial charge in [0.05, 0.1) is 25.4 Å². The van der Waals surface area contributed by atoms with Crippen LogP contribution >= 0.6 is 0 Å². The number of aliphatic hydroxyl groups excluding tert-OH is 2. The second kappa shape index (κ2) is 11.0. The van der Waals surface area contributed by atoms with Crippen LogP contribution in [0, 0.1) is 35.5 Å². The molecule has 0 amide bonds. The Hall–Kier alpha value is -1.12. The van der Waals surface area contributed by atoms with Crippen LogP contribution in [0.15, 0.2) is 23.8 Å². The van der Waals surface area contributed by atoms with Crippen molar-refractivity contribution in [2.75, 3.05) is 33.9 Å². The van der Waals surface area contributed by atoms with Crippen LogP contribution in [0.4, 0.5) is 0 Å². The lowest BCUT2D eigenvalue weighted by molar-refractivity contribution is 0.136. The Bertz CT molecular complexity index is 572. The Balaban J connectivity index is 1.85. The summed E-state index contributed by atoms with van der Waals surface area (Å²) in [7, 11) is 4.10. The molecule has 2 aliphatic carbocycles. The Labute approximate surface area is 165 Å². The van der Waals surface area contributed by atoms with Gasteiger partial charge >= 0.3 is 0 Å². The van der Waals surface area contributed by atoms with Crippen molar-refractivity contribution in [3.63, 3.8) is 0 Å². The van der Waals surface area contributed by atoms with Crippen LogP contribution in [0.5, 0.6) is 0 Å². The van der Waals surface area contributed by atoms with E-state index in [1.807, 2.05) is 34.0 Å². The molecule has 152 valence electrons. The fraction of sp³-hybridized carbons (Fsp3) is 0.739. The maximum Gasteiger partial charge on any atom is 0.0755 e. The molecular weight excluding hydrogens is 338 g/mol. The molecule has 4 nitrogen and oxygen atoms in total. The van der Waals surface area contributed by atoms with E-state index in [0.29, 0.717) is 24.9 Å². The average Bonchev–Trinajstić information content (AvgIpc) is 3.13. The van der Waals surface area contributed by atoms with E-state index < -0.39 is 6.10 Å². The van der Waals surface area contributed by atoms with E-state index in [4.69, 9.17) is 4.74 Å². The third kappa shape index (κ3) is 6.76. The van der Waals surface area contributed by atoms with Crippen molar-refractivity contribution in [1.82, 2.24) is 4.90 Å². The van der Waals surface area contributed by atoms with Crippen molar-refractivity contribution in [2.45, 2.75) is 51.7 Å². The minimum atomic E-state index is -0.501. The predicted molar refractivity (Wildman–Crippen MR) is 110 cm³/mol. The highest BCUT2D eigenvalue weighted by Gasteiger charge is 2.44. The normalized spacial score (nSPS) is 31.3. The topological polar surface area (TPSA) is 52.9 Å². The number of fused-ring (bicyclic) bond motifs is 1. The molecule has 27 heavy (non-hydrogen) atoms. The van der Waals surface area contributed by atoms with E-state index in [0.717, 1.165) is 32.4 Å². The van der Waals surface area contributed by atoms with Crippen molar-refractivity contribution in [3.05, 3.63) is 23.8 Å². The summed E-state index contributed by atoms with van der Waals surface area (Å²) in [6.45, 7) is 6.22. The van der Waals surface area contributed by atoms with Gasteiger partial charge in [-0.15, -0.1) is 11.8 Å². The standard InChI is InChI=1S/C23H37NO3/c1-5-6-7-17(2)22(25)9-8-20-21-15-18(14-19(21)16-23(20)26)10-12-27-13-11-24(3)4/h8-10,17,19-23,25-26H,7,11-16H2,1-4H3/t17-,19-,20+,21-,22+,23+/m0/s1. The van der Waals surface area contributed by atoms with Gasteiger partial charge in [-0.05, 0) is 58.0 Å². The van der Waals surface area contributed by atoms with Crippen molar-refractivity contribution < 1.29 is 14.9 Å². The second-order valence-corrected chi connectivity index (χ2v) is 8.44. The summed E-state index contributed by atoms with van der Waals surface area (Å²) in [6, 6.07) is 0. The van der Waals surface area contributed by atoms with E-state index in [9.17, 15) is 10.2 Å². The molecule has 0 saturated heterocycles. The van der Waals surface area contributed by atoms with Crippen LogP contribution in [-0.4, -0.2) is 61.2 Å². The van der Waals surface area contributed by atoms with Gasteiger partial charge in [0.25, 0.3) is 0 Å². The zero-order chi connectivity index (χ0) is 19.8. The minimum Gasteiger partial charge on any atom is -0.392 e. The van der Waals surface area contributed by atoms with Gasteiger partial charge in [0, 0.05) is 18.9 Å². The number of rotatable bonds is 9. The Morgan fingerprint density at radius 1 is 1.33 bits per heavy atom. The molecule has 0 aromatic heterocycles. The molecule has 2 rings (SSSR count). The third-order valence-corrected chi connectivity index (χ3v) is 6.00. The van der Waals surface area contributed by atoms with Gasteiger partial charge < -0.3 is 19.8 Å². The highest BCUT2D eigenvalue weighted by atomic mass is 16.5. The van der Waals surface area contributed by atoms with Crippen LogP contribution in [-0.2, 0) is 4.74 Å². The number of likely N-dealkylation sites (N-methyl/N-ethyl adjacent to an activating group) is 1. The first-order valence-corrected chi connectivity index (χ1v) is 10.3. The maximum absolute atomic E-state index is 10.5. The van der Waals surface area contributed by atoms with Crippen LogP contribution in [0.3, 0.4) is 0 Å². The lowest BCUT2D eigenvalue weighted by Gasteiger charge is -2.19. The molecule has 4 heteroatoms. The molecule has 0 radical (unpaired) electrons. The lowest BCUT2D eigenvalue weighted by atomic mass is 9.89. The van der Waals surface area contributed by atoms with E-state index in [2.05, 4.69) is 28.9 Å². The van der Waals surface area contributed by atoms with Crippen molar-refractivity contribution in [2.24, 2.45) is 23.7 Å². The van der Waals surface area contributed by atoms with E-state index >= 15 is 0 Å². The molecule has 2 saturated carbocycles. The quantitative estimate of drug-likeness (QED) is 0.370. The van der Waals surface area contributed by atoms with Crippen molar-refractivity contribution >= 4 is 0 Å². The summed E-state index contributed by atoms with van der Waals surface area (Å²) >= 11 is 0. The van der Waals surface area contributed by atoms with Crippen LogP contribution in [0.25, 0.3) is 0 Å². The summed E-state index contributed by atoms with van der Waals surface area (Å²) in [4.78, 5) is 2.12. The first-order chi connectivity index (χ1) is 12.9. The highest BCUT2D eigenvalue weighted by molar-refractivity contribution is 5.18. The van der Waals surface area contributed by atoms with Gasteiger partial charge in [-0.3, -0.25) is 0 Å². The predicted octanol–water partition coefficient (Wildman–Crippen LogP) is 2.86. The number of hydrogen-bond donors (Lipinski definition) is 2. The molecule has 2 N–H and O–H groups in total. The van der Waals surface area contributed by atoms with E-state index in [1.165, 1.54) is 5.57 Å². The van der Waals surface area contributed by atoms with Gasteiger partial charge in [0.15, 0.2) is 0 Å². The monoisotopic (exact) mass is 375 g/mol. The molecule has 0 aromatic rings. The molecule has 0 spiro atoms. The average molecular weight is 376 g/mol. The molecule has 6 atom stereocenters. The largest absolute Gasteiger partial charge is 0.392 e. The smallest absolute Gasteiger partial charge is 0.0755 e. The number of ether oxygens (including phenoxy) is 1. The first kappa shape index (κ1) is 22.2. The number of aliphatic hydroxyl groups is 2. The summed E-state index contributed by atoms with van der Waals surface area (Å²) in [6.07, 6.45) is 9.08. The number of hydrogen-bond acceptors (Lipinski definition) is 4. The molecule has 0 aromatic carbocycles. The fourth-order valence-corrected chi connectivity index (χ4v) is 4.26. The summed E-state index contributed by atoms with van der Waals surface area (Å²) < 4.78 is 5.69. The van der Waals surface area contributed by atoms with Crippen LogP contribution < -0.4 is 0 Å². The van der Waals surface area contributed by atoms with Gasteiger partial charge in [-0.1, -0.05) is 30.7 Å². The van der Waals surface area contributed by atoms with Gasteiger partial charge in [0.2, 0.25) is 0 Å². The molecule has 0 aliphatic heterocycles. The highest BCUT2D eigenvalue weighted by Crippen LogP contribution is 2.50. The second-order valence-electron chi connectivity index (χ2n) is 8.44. The van der Waals surface area contributed by atoms with Crippen molar-refractivity contribution in [3.8, 4) is 11.8 Å². The lowest BCUT2D eigenvalue weighted by Crippen LogP contribution is -2.19. The summed E-state index contributed by atoms with van der Waals surface area (Å²) in [5.41, 5.74) is 1.47. The molecule has 2 aliphatic rings.